The molecule has 1 atom stereocenters. The van der Waals surface area contributed by atoms with E-state index in [0.29, 0.717) is 6.61 Å². The maximum absolute atomic E-state index is 11.9. The summed E-state index contributed by atoms with van der Waals surface area (Å²) in [4.78, 5) is 3.74. The van der Waals surface area contributed by atoms with Crippen molar-refractivity contribution < 1.29 is 13.2 Å². The zero-order valence-corrected chi connectivity index (χ0v) is 11.0. The second-order valence-corrected chi connectivity index (χ2v) is 5.35. The summed E-state index contributed by atoms with van der Waals surface area (Å²) in [5, 5.41) is -0.0267. The molecule has 17 heavy (non-hydrogen) atoms. The summed E-state index contributed by atoms with van der Waals surface area (Å²) >= 11 is 0. The van der Waals surface area contributed by atoms with Crippen LogP contribution in [-0.4, -0.2) is 37.2 Å². The van der Waals surface area contributed by atoms with Crippen LogP contribution in [0.4, 0.5) is 5.82 Å². The molecule has 0 saturated carbocycles. The zero-order valence-electron chi connectivity index (χ0n) is 10.2. The molecule has 1 rings (SSSR count). The Kier molecular flexibility index (Phi) is 4.49. The smallest absolute Gasteiger partial charge is 0.260 e. The lowest BCUT2D eigenvalue weighted by Crippen LogP contribution is -2.33. The Balaban J connectivity index is 2.76. The number of anilines is 1. The van der Waals surface area contributed by atoms with Crippen molar-refractivity contribution in [3.8, 4) is 0 Å². The fourth-order valence-corrected chi connectivity index (χ4v) is 2.75. The van der Waals surface area contributed by atoms with E-state index < -0.39 is 10.0 Å². The molecule has 98 valence electrons. The molecular formula is C9H18N4O3S. The number of nitrogens with two attached hydrogens (primary N) is 1. The first-order valence-corrected chi connectivity index (χ1v) is 6.74. The first-order chi connectivity index (χ1) is 7.88. The van der Waals surface area contributed by atoms with Crippen molar-refractivity contribution in [3.63, 3.8) is 0 Å². The number of ether oxygens (including phenoxy) is 1. The van der Waals surface area contributed by atoms with E-state index in [1.165, 1.54) is 10.9 Å². The van der Waals surface area contributed by atoms with Gasteiger partial charge in [-0.15, -0.1) is 0 Å². The van der Waals surface area contributed by atoms with E-state index in [2.05, 4.69) is 9.71 Å². The Morgan fingerprint density at radius 1 is 1.65 bits per heavy atom. The summed E-state index contributed by atoms with van der Waals surface area (Å²) in [5.41, 5.74) is 5.51. The number of aromatic nitrogens is 2. The SMILES string of the molecule is CCOC(C)CNS(=O)(=O)c1c(N)ncn1C. The van der Waals surface area contributed by atoms with Gasteiger partial charge in [0, 0.05) is 20.2 Å². The van der Waals surface area contributed by atoms with Crippen molar-refractivity contribution in [1.82, 2.24) is 14.3 Å². The number of nitrogens with one attached hydrogen (secondary N) is 1. The summed E-state index contributed by atoms with van der Waals surface area (Å²) in [6, 6.07) is 0. The van der Waals surface area contributed by atoms with Gasteiger partial charge < -0.3 is 15.0 Å². The van der Waals surface area contributed by atoms with E-state index in [1.54, 1.807) is 14.0 Å². The van der Waals surface area contributed by atoms with Crippen LogP contribution < -0.4 is 10.5 Å². The van der Waals surface area contributed by atoms with Crippen LogP contribution in [0.25, 0.3) is 0 Å². The van der Waals surface area contributed by atoms with Crippen LogP contribution in [0.2, 0.25) is 0 Å². The molecule has 0 bridgehead atoms. The van der Waals surface area contributed by atoms with Gasteiger partial charge in [-0.2, -0.15) is 0 Å². The number of hydrogen-bond acceptors (Lipinski definition) is 5. The second kappa shape index (κ2) is 5.48. The van der Waals surface area contributed by atoms with Gasteiger partial charge in [-0.1, -0.05) is 0 Å². The van der Waals surface area contributed by atoms with Gasteiger partial charge in [0.1, 0.15) is 0 Å². The van der Waals surface area contributed by atoms with E-state index in [-0.39, 0.29) is 23.5 Å². The number of sulfonamides is 1. The maximum Gasteiger partial charge on any atom is 0.260 e. The molecule has 1 aromatic rings. The highest BCUT2D eigenvalue weighted by atomic mass is 32.2. The molecule has 1 heterocycles. The van der Waals surface area contributed by atoms with Crippen LogP contribution >= 0.6 is 0 Å². The second-order valence-electron chi connectivity index (χ2n) is 3.66. The Morgan fingerprint density at radius 2 is 2.29 bits per heavy atom. The Hall–Kier alpha value is -1.12. The third-order valence-corrected chi connectivity index (χ3v) is 3.73. The van der Waals surface area contributed by atoms with Gasteiger partial charge in [-0.3, -0.25) is 0 Å². The number of imidazole rings is 1. The molecule has 1 unspecified atom stereocenters. The normalized spacial score (nSPS) is 13.8. The van der Waals surface area contributed by atoms with Crippen LogP contribution in [0, 0.1) is 0 Å². The highest BCUT2D eigenvalue weighted by Gasteiger charge is 2.22. The van der Waals surface area contributed by atoms with E-state index in [1.807, 2.05) is 6.92 Å². The lowest BCUT2D eigenvalue weighted by Gasteiger charge is -2.13. The van der Waals surface area contributed by atoms with E-state index in [0.717, 1.165) is 0 Å². The molecule has 0 saturated heterocycles. The molecule has 0 aliphatic rings. The topological polar surface area (TPSA) is 99.2 Å². The lowest BCUT2D eigenvalue weighted by atomic mass is 10.4. The van der Waals surface area contributed by atoms with Gasteiger partial charge in [0.2, 0.25) is 0 Å². The molecular weight excluding hydrogens is 244 g/mol. The minimum atomic E-state index is -3.65. The highest BCUT2D eigenvalue weighted by Crippen LogP contribution is 2.14. The first kappa shape index (κ1) is 13.9. The fourth-order valence-electron chi connectivity index (χ4n) is 1.40. The summed E-state index contributed by atoms with van der Waals surface area (Å²) < 4.78 is 32.9. The summed E-state index contributed by atoms with van der Waals surface area (Å²) in [6.45, 7) is 4.38. The van der Waals surface area contributed by atoms with Crippen LogP contribution in [-0.2, 0) is 21.8 Å². The number of nitrogens with zero attached hydrogens (tertiary/aromatic N) is 2. The summed E-state index contributed by atoms with van der Waals surface area (Å²) in [5.74, 6) is -0.0101. The molecule has 0 aromatic carbocycles. The van der Waals surface area contributed by atoms with E-state index in [4.69, 9.17) is 10.5 Å². The molecule has 0 radical (unpaired) electrons. The zero-order chi connectivity index (χ0) is 13.1. The minimum absolute atomic E-state index is 0.0101. The van der Waals surface area contributed by atoms with E-state index in [9.17, 15) is 8.42 Å². The molecule has 7 nitrogen and oxygen atoms in total. The van der Waals surface area contributed by atoms with Crippen molar-refractivity contribution in [2.24, 2.45) is 7.05 Å². The van der Waals surface area contributed by atoms with Crippen molar-refractivity contribution in [2.45, 2.75) is 25.0 Å². The molecule has 0 amide bonds. The standard InChI is InChI=1S/C9H18N4O3S/c1-4-16-7(2)5-12-17(14,15)9-8(10)11-6-13(9)3/h6-7,12H,4-5,10H2,1-3H3. The van der Waals surface area contributed by atoms with Crippen LogP contribution in [0.1, 0.15) is 13.8 Å². The van der Waals surface area contributed by atoms with Crippen molar-refractivity contribution in [1.29, 1.82) is 0 Å². The van der Waals surface area contributed by atoms with Gasteiger partial charge in [0.25, 0.3) is 10.0 Å². The summed E-state index contributed by atoms with van der Waals surface area (Å²) in [7, 11) is -2.07. The predicted molar refractivity (Wildman–Crippen MR) is 63.9 cm³/mol. The van der Waals surface area contributed by atoms with Crippen LogP contribution in [0.15, 0.2) is 11.4 Å². The largest absolute Gasteiger partial charge is 0.381 e. The number of nitrogen functional groups attached to an aromatic ring is 1. The third-order valence-electron chi connectivity index (χ3n) is 2.18. The number of hydrogen-bond donors (Lipinski definition) is 2. The van der Waals surface area contributed by atoms with Gasteiger partial charge in [-0.05, 0) is 13.8 Å². The molecule has 1 aromatic heterocycles. The maximum atomic E-state index is 11.9. The lowest BCUT2D eigenvalue weighted by molar-refractivity contribution is 0.0799. The van der Waals surface area contributed by atoms with Crippen LogP contribution in [0.5, 0.6) is 0 Å². The average Bonchev–Trinajstić information content (AvgIpc) is 2.57. The highest BCUT2D eigenvalue weighted by molar-refractivity contribution is 7.89. The molecule has 0 aliphatic heterocycles. The molecule has 0 fully saturated rings. The Labute approximate surface area is 101 Å². The predicted octanol–water partition coefficient (Wildman–Crippen LogP) is -0.294. The van der Waals surface area contributed by atoms with Crippen LogP contribution in [0.3, 0.4) is 0 Å². The quantitative estimate of drug-likeness (QED) is 0.733. The van der Waals surface area contributed by atoms with Crippen molar-refractivity contribution in [3.05, 3.63) is 6.33 Å². The molecule has 3 N–H and O–H groups in total. The minimum Gasteiger partial charge on any atom is -0.381 e. The summed E-state index contributed by atoms with van der Waals surface area (Å²) in [6.07, 6.45) is 1.17. The van der Waals surface area contributed by atoms with Gasteiger partial charge >= 0.3 is 0 Å². The molecule has 8 heteroatoms. The monoisotopic (exact) mass is 262 g/mol. The Bertz CT molecular complexity index is 449. The number of aryl methyl sites for hydroxylation is 1. The van der Waals surface area contributed by atoms with Gasteiger partial charge in [0.05, 0.1) is 12.4 Å². The van der Waals surface area contributed by atoms with Crippen molar-refractivity contribution >= 4 is 15.8 Å². The fraction of sp³-hybridized carbons (Fsp3) is 0.667. The Morgan fingerprint density at radius 3 is 2.76 bits per heavy atom. The van der Waals surface area contributed by atoms with Crippen molar-refractivity contribution in [2.75, 3.05) is 18.9 Å². The van der Waals surface area contributed by atoms with E-state index >= 15 is 0 Å². The number of rotatable bonds is 6. The molecule has 0 aliphatic carbocycles. The van der Waals surface area contributed by atoms with Gasteiger partial charge in [-0.25, -0.2) is 18.1 Å². The molecule has 0 spiro atoms. The van der Waals surface area contributed by atoms with Gasteiger partial charge in [0.15, 0.2) is 10.8 Å². The first-order valence-electron chi connectivity index (χ1n) is 5.26. The average molecular weight is 262 g/mol. The third kappa shape index (κ3) is 3.42.